The van der Waals surface area contributed by atoms with Gasteiger partial charge in [0.25, 0.3) is 5.88 Å². The van der Waals surface area contributed by atoms with Crippen LogP contribution in [-0.4, -0.2) is 49.3 Å². The molecule has 0 spiro atoms. The molecule has 144 valence electrons. The van der Waals surface area contributed by atoms with Gasteiger partial charge in [-0.25, -0.2) is 0 Å². The number of fused-ring (bicyclic) bond motifs is 1. The third kappa shape index (κ3) is 3.30. The third-order valence-corrected chi connectivity index (χ3v) is 3.88. The molecule has 0 radical (unpaired) electrons. The summed E-state index contributed by atoms with van der Waals surface area (Å²) < 4.78 is 22.7. The molecule has 0 aliphatic rings. The van der Waals surface area contributed by atoms with Crippen LogP contribution in [0.1, 0.15) is 11.5 Å². The lowest BCUT2D eigenvalue weighted by Crippen LogP contribution is -2.05. The summed E-state index contributed by atoms with van der Waals surface area (Å²) in [5, 5.41) is 25.6. The van der Waals surface area contributed by atoms with E-state index in [1.807, 2.05) is 0 Å². The molecule has 0 amide bonds. The van der Waals surface area contributed by atoms with Gasteiger partial charge in [0.1, 0.15) is 19.0 Å². The van der Waals surface area contributed by atoms with Crippen molar-refractivity contribution in [3.05, 3.63) is 41.9 Å². The van der Waals surface area contributed by atoms with Crippen molar-refractivity contribution in [1.29, 1.82) is 0 Å². The van der Waals surface area contributed by atoms with Crippen molar-refractivity contribution >= 4 is 5.65 Å². The highest BCUT2D eigenvalue weighted by Gasteiger charge is 2.18. The molecule has 4 heterocycles. The first-order chi connectivity index (χ1) is 13.7. The van der Waals surface area contributed by atoms with Gasteiger partial charge in [0.2, 0.25) is 5.82 Å². The van der Waals surface area contributed by atoms with Crippen LogP contribution in [0.15, 0.2) is 35.0 Å². The average Bonchev–Trinajstić information content (AvgIpc) is 3.38. The number of rotatable bonds is 7. The highest BCUT2D eigenvalue weighted by molar-refractivity contribution is 5.56. The van der Waals surface area contributed by atoms with E-state index in [4.69, 9.17) is 23.8 Å². The Hall–Kier alpha value is -3.73. The van der Waals surface area contributed by atoms with E-state index >= 15 is 0 Å². The molecule has 11 nitrogen and oxygen atoms in total. The molecule has 0 fully saturated rings. The molecular formula is C17H16N6O5. The van der Waals surface area contributed by atoms with Crippen LogP contribution in [0.2, 0.25) is 0 Å². The van der Waals surface area contributed by atoms with E-state index in [2.05, 4.69) is 25.4 Å². The minimum absolute atomic E-state index is 0.176. The Bertz CT molecular complexity index is 1090. The first kappa shape index (κ1) is 17.7. The summed E-state index contributed by atoms with van der Waals surface area (Å²) in [5.74, 6) is 1.94. The topological polar surface area (TPSA) is 130 Å². The highest BCUT2D eigenvalue weighted by Crippen LogP contribution is 2.28. The van der Waals surface area contributed by atoms with Gasteiger partial charge >= 0.3 is 0 Å². The standard InChI is InChI=1S/C17H16N6O5/c1-25-11-4-3-10(18-7-11)9-27-17-14(26-2)6-15-19-20-16(23(15)21-17)13-5-12(8-24)28-22-13/h3-7,24H,8-9H2,1-2H3. The molecular weight excluding hydrogens is 368 g/mol. The number of aromatic nitrogens is 6. The summed E-state index contributed by atoms with van der Waals surface area (Å²) in [5.41, 5.74) is 1.52. The normalized spacial score (nSPS) is 11.0. The Labute approximate surface area is 158 Å². The van der Waals surface area contributed by atoms with E-state index in [1.165, 1.54) is 11.6 Å². The lowest BCUT2D eigenvalue weighted by Gasteiger charge is -2.10. The van der Waals surface area contributed by atoms with Crippen LogP contribution in [0.4, 0.5) is 0 Å². The lowest BCUT2D eigenvalue weighted by molar-refractivity contribution is 0.229. The molecule has 4 aromatic heterocycles. The van der Waals surface area contributed by atoms with Crippen LogP contribution in [-0.2, 0) is 13.2 Å². The second kappa shape index (κ2) is 7.48. The molecule has 28 heavy (non-hydrogen) atoms. The maximum atomic E-state index is 9.14. The van der Waals surface area contributed by atoms with Gasteiger partial charge in [-0.3, -0.25) is 4.98 Å². The highest BCUT2D eigenvalue weighted by atomic mass is 16.5. The van der Waals surface area contributed by atoms with Gasteiger partial charge in [0.05, 0.1) is 26.1 Å². The van der Waals surface area contributed by atoms with E-state index in [9.17, 15) is 0 Å². The van der Waals surface area contributed by atoms with Gasteiger partial charge in [0.15, 0.2) is 22.9 Å². The molecule has 0 bridgehead atoms. The first-order valence-corrected chi connectivity index (χ1v) is 8.21. The Morgan fingerprint density at radius 1 is 1.14 bits per heavy atom. The summed E-state index contributed by atoms with van der Waals surface area (Å²) >= 11 is 0. The predicted octanol–water partition coefficient (Wildman–Crippen LogP) is 1.26. The Kier molecular flexibility index (Phi) is 4.72. The van der Waals surface area contributed by atoms with Gasteiger partial charge in [0, 0.05) is 12.1 Å². The van der Waals surface area contributed by atoms with Gasteiger partial charge in [-0.15, -0.1) is 15.3 Å². The van der Waals surface area contributed by atoms with Crippen molar-refractivity contribution in [1.82, 2.24) is 30.0 Å². The zero-order valence-corrected chi connectivity index (χ0v) is 15.1. The number of nitrogens with zero attached hydrogens (tertiary/aromatic N) is 6. The van der Waals surface area contributed by atoms with Crippen LogP contribution in [0.25, 0.3) is 17.2 Å². The predicted molar refractivity (Wildman–Crippen MR) is 93.9 cm³/mol. The van der Waals surface area contributed by atoms with E-state index in [0.717, 1.165) is 0 Å². The maximum absolute atomic E-state index is 9.14. The number of hydrogen-bond acceptors (Lipinski definition) is 10. The second-order valence-corrected chi connectivity index (χ2v) is 5.63. The summed E-state index contributed by atoms with van der Waals surface area (Å²) in [4.78, 5) is 4.25. The van der Waals surface area contributed by atoms with Crippen molar-refractivity contribution in [3.8, 4) is 28.9 Å². The number of hydrogen-bond donors (Lipinski definition) is 1. The van der Waals surface area contributed by atoms with Crippen LogP contribution >= 0.6 is 0 Å². The fourth-order valence-electron chi connectivity index (χ4n) is 2.46. The zero-order chi connectivity index (χ0) is 19.5. The van der Waals surface area contributed by atoms with Gasteiger partial charge in [-0.1, -0.05) is 5.16 Å². The monoisotopic (exact) mass is 384 g/mol. The third-order valence-electron chi connectivity index (χ3n) is 3.88. The molecule has 0 unspecified atom stereocenters. The molecule has 0 saturated carbocycles. The van der Waals surface area contributed by atoms with Crippen molar-refractivity contribution < 1.29 is 23.8 Å². The largest absolute Gasteiger partial charge is 0.495 e. The fourth-order valence-corrected chi connectivity index (χ4v) is 2.46. The molecule has 0 saturated heterocycles. The van der Waals surface area contributed by atoms with Crippen LogP contribution in [0, 0.1) is 0 Å². The number of ether oxygens (including phenoxy) is 3. The van der Waals surface area contributed by atoms with Crippen molar-refractivity contribution in [2.24, 2.45) is 0 Å². The number of pyridine rings is 1. The van der Waals surface area contributed by atoms with Crippen LogP contribution < -0.4 is 14.2 Å². The molecule has 0 aliphatic heterocycles. The first-order valence-electron chi connectivity index (χ1n) is 8.21. The molecule has 0 aliphatic carbocycles. The van der Waals surface area contributed by atoms with Gasteiger partial charge in [-0.2, -0.15) is 4.52 Å². The minimum Gasteiger partial charge on any atom is -0.495 e. The van der Waals surface area contributed by atoms with Crippen molar-refractivity contribution in [2.75, 3.05) is 14.2 Å². The van der Waals surface area contributed by atoms with E-state index in [-0.39, 0.29) is 19.1 Å². The van der Waals surface area contributed by atoms with Crippen molar-refractivity contribution in [2.45, 2.75) is 13.2 Å². The molecule has 4 rings (SSSR count). The molecule has 0 aromatic carbocycles. The second-order valence-electron chi connectivity index (χ2n) is 5.63. The summed E-state index contributed by atoms with van der Waals surface area (Å²) in [6.07, 6.45) is 1.60. The minimum atomic E-state index is -0.270. The Morgan fingerprint density at radius 2 is 2.04 bits per heavy atom. The Balaban J connectivity index is 1.65. The summed E-state index contributed by atoms with van der Waals surface area (Å²) in [7, 11) is 3.08. The average molecular weight is 384 g/mol. The van der Waals surface area contributed by atoms with Gasteiger partial charge < -0.3 is 23.8 Å². The zero-order valence-electron chi connectivity index (χ0n) is 15.1. The molecule has 11 heteroatoms. The fraction of sp³-hybridized carbons (Fsp3) is 0.235. The SMILES string of the molecule is COc1ccc(COc2nn3c(-c4cc(CO)on4)nnc3cc2OC)nc1. The van der Waals surface area contributed by atoms with Crippen LogP contribution in [0.5, 0.6) is 17.4 Å². The van der Waals surface area contributed by atoms with E-state index < -0.39 is 0 Å². The van der Waals surface area contributed by atoms with Crippen LogP contribution in [0.3, 0.4) is 0 Å². The van der Waals surface area contributed by atoms with E-state index in [0.29, 0.717) is 40.1 Å². The van der Waals surface area contributed by atoms with Gasteiger partial charge in [-0.05, 0) is 12.1 Å². The van der Waals surface area contributed by atoms with Crippen molar-refractivity contribution in [3.63, 3.8) is 0 Å². The lowest BCUT2D eigenvalue weighted by atomic mass is 10.3. The smallest absolute Gasteiger partial charge is 0.275 e. The quantitative estimate of drug-likeness (QED) is 0.497. The maximum Gasteiger partial charge on any atom is 0.275 e. The Morgan fingerprint density at radius 3 is 2.71 bits per heavy atom. The molecule has 4 aromatic rings. The van der Waals surface area contributed by atoms with E-state index in [1.54, 1.807) is 37.6 Å². The molecule has 0 atom stereocenters. The summed E-state index contributed by atoms with van der Waals surface area (Å²) in [6.45, 7) is -0.0941. The number of aliphatic hydroxyl groups is 1. The number of methoxy groups -OCH3 is 2. The molecule has 1 N–H and O–H groups in total. The number of aliphatic hydroxyl groups excluding tert-OH is 1. The summed E-state index contributed by atoms with van der Waals surface area (Å²) in [6, 6.07) is 6.79.